The van der Waals surface area contributed by atoms with Crippen molar-refractivity contribution < 1.29 is 9.50 Å². The van der Waals surface area contributed by atoms with Crippen molar-refractivity contribution in [3.63, 3.8) is 0 Å². The summed E-state index contributed by atoms with van der Waals surface area (Å²) in [7, 11) is 0. The van der Waals surface area contributed by atoms with Crippen molar-refractivity contribution in [2.45, 2.75) is 25.9 Å². The van der Waals surface area contributed by atoms with Crippen LogP contribution < -0.4 is 0 Å². The van der Waals surface area contributed by atoms with Gasteiger partial charge in [0.15, 0.2) is 0 Å². The number of benzene rings is 1. The van der Waals surface area contributed by atoms with Gasteiger partial charge in [0.05, 0.1) is 10.1 Å². The van der Waals surface area contributed by atoms with Crippen LogP contribution in [0.5, 0.6) is 0 Å². The van der Waals surface area contributed by atoms with Crippen molar-refractivity contribution in [3.8, 4) is 0 Å². The molecule has 2 aromatic rings. The molecule has 96 valence electrons. The first kappa shape index (κ1) is 13.7. The Hall–Kier alpha value is -0.710. The maximum atomic E-state index is 13.4. The molecule has 0 aliphatic carbocycles. The molecule has 0 aliphatic heterocycles. The zero-order valence-electron chi connectivity index (χ0n) is 10.2. The SMILES string of the molecule is Cc1ccc(C(C)(O)Cc2cccc(F)c2Br)s1. The Balaban J connectivity index is 2.30. The molecule has 1 N–H and O–H groups in total. The predicted octanol–water partition coefficient (Wildman–Crippen LogP) is 4.41. The summed E-state index contributed by atoms with van der Waals surface area (Å²) in [4.78, 5) is 2.06. The Kier molecular flexibility index (Phi) is 3.90. The molecule has 0 radical (unpaired) electrons. The summed E-state index contributed by atoms with van der Waals surface area (Å²) >= 11 is 4.79. The molecule has 4 heteroatoms. The summed E-state index contributed by atoms with van der Waals surface area (Å²) in [6.45, 7) is 3.76. The van der Waals surface area contributed by atoms with Gasteiger partial charge in [-0.25, -0.2) is 4.39 Å². The number of rotatable bonds is 3. The third-order valence-electron chi connectivity index (χ3n) is 2.84. The Morgan fingerprint density at radius 3 is 2.67 bits per heavy atom. The molecule has 0 saturated heterocycles. The average Bonchev–Trinajstić information content (AvgIpc) is 2.72. The Morgan fingerprint density at radius 2 is 2.06 bits per heavy atom. The van der Waals surface area contributed by atoms with Crippen LogP contribution in [0.3, 0.4) is 0 Å². The molecule has 1 nitrogen and oxygen atoms in total. The van der Waals surface area contributed by atoms with Crippen LogP contribution in [0.1, 0.15) is 22.2 Å². The molecule has 0 aliphatic rings. The van der Waals surface area contributed by atoms with Crippen LogP contribution in [-0.4, -0.2) is 5.11 Å². The molecule has 0 spiro atoms. The average molecular weight is 329 g/mol. The van der Waals surface area contributed by atoms with E-state index in [9.17, 15) is 9.50 Å². The van der Waals surface area contributed by atoms with E-state index < -0.39 is 5.60 Å². The van der Waals surface area contributed by atoms with E-state index in [4.69, 9.17) is 0 Å². The number of aryl methyl sites for hydroxylation is 1. The first-order valence-corrected chi connectivity index (χ1v) is 7.23. The Labute approximate surface area is 118 Å². The van der Waals surface area contributed by atoms with E-state index in [1.165, 1.54) is 6.07 Å². The van der Waals surface area contributed by atoms with Crippen LogP contribution in [0.15, 0.2) is 34.8 Å². The highest BCUT2D eigenvalue weighted by Gasteiger charge is 2.26. The van der Waals surface area contributed by atoms with Crippen LogP contribution in [-0.2, 0) is 12.0 Å². The summed E-state index contributed by atoms with van der Waals surface area (Å²) in [5.41, 5.74) is -0.207. The lowest BCUT2D eigenvalue weighted by molar-refractivity contribution is 0.0612. The minimum absolute atomic E-state index is 0.300. The van der Waals surface area contributed by atoms with Crippen molar-refractivity contribution in [3.05, 3.63) is 55.9 Å². The first-order chi connectivity index (χ1) is 8.40. The van der Waals surface area contributed by atoms with Crippen LogP contribution >= 0.6 is 27.3 Å². The molecule has 1 unspecified atom stereocenters. The summed E-state index contributed by atoms with van der Waals surface area (Å²) in [5.74, 6) is -0.300. The zero-order valence-corrected chi connectivity index (χ0v) is 12.6. The zero-order chi connectivity index (χ0) is 13.3. The van der Waals surface area contributed by atoms with Crippen LogP contribution in [0, 0.1) is 12.7 Å². The lowest BCUT2D eigenvalue weighted by Crippen LogP contribution is -2.23. The van der Waals surface area contributed by atoms with Crippen molar-refractivity contribution in [2.75, 3.05) is 0 Å². The van der Waals surface area contributed by atoms with Crippen molar-refractivity contribution in [1.29, 1.82) is 0 Å². The molecular formula is C14H14BrFOS. The molecule has 0 bridgehead atoms. The van der Waals surface area contributed by atoms with Gasteiger partial charge >= 0.3 is 0 Å². The Bertz CT molecular complexity index is 563. The molecule has 2 rings (SSSR count). The quantitative estimate of drug-likeness (QED) is 0.884. The Morgan fingerprint density at radius 1 is 1.33 bits per heavy atom. The standard InChI is InChI=1S/C14H14BrFOS/c1-9-6-7-12(18-9)14(2,17)8-10-4-3-5-11(16)13(10)15/h3-7,17H,8H2,1-2H3. The maximum absolute atomic E-state index is 13.4. The van der Waals surface area contributed by atoms with E-state index in [1.807, 2.05) is 25.1 Å². The molecule has 1 aromatic carbocycles. The molecule has 0 amide bonds. The minimum atomic E-state index is -0.977. The summed E-state index contributed by atoms with van der Waals surface area (Å²) < 4.78 is 13.9. The maximum Gasteiger partial charge on any atom is 0.137 e. The van der Waals surface area contributed by atoms with E-state index >= 15 is 0 Å². The molecule has 18 heavy (non-hydrogen) atoms. The topological polar surface area (TPSA) is 20.2 Å². The second-order valence-electron chi connectivity index (χ2n) is 4.57. The third-order valence-corrected chi connectivity index (χ3v) is 4.98. The highest BCUT2D eigenvalue weighted by Crippen LogP contribution is 2.33. The fraction of sp³-hybridized carbons (Fsp3) is 0.286. The monoisotopic (exact) mass is 328 g/mol. The van der Waals surface area contributed by atoms with Gasteiger partial charge in [0.1, 0.15) is 5.82 Å². The highest BCUT2D eigenvalue weighted by molar-refractivity contribution is 9.10. The predicted molar refractivity (Wildman–Crippen MR) is 76.4 cm³/mol. The van der Waals surface area contributed by atoms with Crippen LogP contribution in [0.4, 0.5) is 4.39 Å². The molecule has 0 saturated carbocycles. The fourth-order valence-electron chi connectivity index (χ4n) is 1.87. The minimum Gasteiger partial charge on any atom is -0.384 e. The smallest absolute Gasteiger partial charge is 0.137 e. The lowest BCUT2D eigenvalue weighted by Gasteiger charge is -2.22. The van der Waals surface area contributed by atoms with Gasteiger partial charge in [-0.2, -0.15) is 0 Å². The van der Waals surface area contributed by atoms with E-state index in [0.29, 0.717) is 10.9 Å². The van der Waals surface area contributed by atoms with Gasteiger partial charge in [-0.05, 0) is 53.5 Å². The fourth-order valence-corrected chi connectivity index (χ4v) is 3.18. The summed E-state index contributed by atoms with van der Waals surface area (Å²) in [6.07, 6.45) is 0.380. The van der Waals surface area contributed by atoms with Gasteiger partial charge in [0.2, 0.25) is 0 Å². The van der Waals surface area contributed by atoms with E-state index in [2.05, 4.69) is 15.9 Å². The van der Waals surface area contributed by atoms with E-state index in [-0.39, 0.29) is 5.82 Å². The van der Waals surface area contributed by atoms with Crippen molar-refractivity contribution in [1.82, 2.24) is 0 Å². The van der Waals surface area contributed by atoms with Gasteiger partial charge in [0.25, 0.3) is 0 Å². The van der Waals surface area contributed by atoms with E-state index in [0.717, 1.165) is 15.3 Å². The van der Waals surface area contributed by atoms with Crippen LogP contribution in [0.25, 0.3) is 0 Å². The van der Waals surface area contributed by atoms with Gasteiger partial charge in [-0.15, -0.1) is 11.3 Å². The van der Waals surface area contributed by atoms with Crippen molar-refractivity contribution >= 4 is 27.3 Å². The molecule has 1 heterocycles. The number of halogens is 2. The number of hydrogen-bond donors (Lipinski definition) is 1. The molecular weight excluding hydrogens is 315 g/mol. The van der Waals surface area contributed by atoms with Crippen LogP contribution in [0.2, 0.25) is 0 Å². The first-order valence-electron chi connectivity index (χ1n) is 5.62. The number of thiophene rings is 1. The second-order valence-corrected chi connectivity index (χ2v) is 6.65. The molecule has 1 aromatic heterocycles. The third kappa shape index (κ3) is 2.82. The van der Waals surface area contributed by atoms with E-state index in [1.54, 1.807) is 24.3 Å². The summed E-state index contributed by atoms with van der Waals surface area (Å²) in [6, 6.07) is 8.78. The van der Waals surface area contributed by atoms with Gasteiger partial charge in [-0.3, -0.25) is 0 Å². The number of hydrogen-bond acceptors (Lipinski definition) is 2. The van der Waals surface area contributed by atoms with Crippen molar-refractivity contribution in [2.24, 2.45) is 0 Å². The van der Waals surface area contributed by atoms with Gasteiger partial charge < -0.3 is 5.11 Å². The summed E-state index contributed by atoms with van der Waals surface area (Å²) in [5, 5.41) is 10.5. The second kappa shape index (κ2) is 5.11. The lowest BCUT2D eigenvalue weighted by atomic mass is 9.95. The largest absolute Gasteiger partial charge is 0.384 e. The molecule has 0 fully saturated rings. The normalized spacial score (nSPS) is 14.5. The molecule has 1 atom stereocenters. The highest BCUT2D eigenvalue weighted by atomic mass is 79.9. The van der Waals surface area contributed by atoms with Gasteiger partial charge in [-0.1, -0.05) is 12.1 Å². The number of aliphatic hydroxyl groups is 1. The van der Waals surface area contributed by atoms with Gasteiger partial charge in [0, 0.05) is 16.2 Å².